The number of hydrogen-bond acceptors (Lipinski definition) is 5. The molecule has 0 bridgehead atoms. The van der Waals surface area contributed by atoms with Crippen LogP contribution in [0.5, 0.6) is 5.75 Å². The predicted molar refractivity (Wildman–Crippen MR) is 153 cm³/mol. The lowest BCUT2D eigenvalue weighted by Crippen LogP contribution is -2.29. The van der Waals surface area contributed by atoms with Crippen LogP contribution in [0.25, 0.3) is 5.76 Å². The first-order valence-corrected chi connectivity index (χ1v) is 13.2. The summed E-state index contributed by atoms with van der Waals surface area (Å²) in [7, 11) is 1.50. The van der Waals surface area contributed by atoms with Gasteiger partial charge in [-0.1, -0.05) is 49.7 Å². The molecule has 38 heavy (non-hydrogen) atoms. The summed E-state index contributed by atoms with van der Waals surface area (Å²) in [6.45, 7) is 10.1. The Hall–Kier alpha value is -3.77. The molecule has 0 aliphatic carbocycles. The van der Waals surface area contributed by atoms with E-state index >= 15 is 0 Å². The van der Waals surface area contributed by atoms with E-state index in [9.17, 15) is 14.7 Å². The summed E-state index contributed by atoms with van der Waals surface area (Å²) in [5.41, 5.74) is 3.64. The van der Waals surface area contributed by atoms with Crippen LogP contribution in [0.3, 0.4) is 0 Å². The summed E-state index contributed by atoms with van der Waals surface area (Å²) in [6.07, 6.45) is 0. The molecule has 0 radical (unpaired) electrons. The molecule has 7 heteroatoms. The van der Waals surface area contributed by atoms with Gasteiger partial charge in [0.25, 0.3) is 11.7 Å². The van der Waals surface area contributed by atoms with E-state index in [0.717, 1.165) is 24.3 Å². The highest BCUT2D eigenvalue weighted by Gasteiger charge is 2.47. The van der Waals surface area contributed by atoms with Gasteiger partial charge in [-0.3, -0.25) is 14.5 Å². The van der Waals surface area contributed by atoms with Crippen LogP contribution in [-0.4, -0.2) is 37.0 Å². The van der Waals surface area contributed by atoms with E-state index in [0.29, 0.717) is 22.9 Å². The molecule has 1 N–H and O–H groups in total. The fraction of sp³-hybridized carbons (Fsp3) is 0.290. The largest absolute Gasteiger partial charge is 0.507 e. The molecule has 1 amide bonds. The minimum atomic E-state index is -0.840. The minimum Gasteiger partial charge on any atom is -0.507 e. The Morgan fingerprint density at radius 3 is 2.18 bits per heavy atom. The van der Waals surface area contributed by atoms with Gasteiger partial charge in [-0.25, -0.2) is 0 Å². The number of ether oxygens (including phenoxy) is 1. The Morgan fingerprint density at radius 2 is 1.63 bits per heavy atom. The van der Waals surface area contributed by atoms with Crippen molar-refractivity contribution in [1.82, 2.24) is 0 Å². The number of carbonyl (C=O) groups is 2. The average molecular weight is 533 g/mol. The third-order valence-electron chi connectivity index (χ3n) is 7.05. The van der Waals surface area contributed by atoms with Gasteiger partial charge in [0.15, 0.2) is 0 Å². The molecule has 0 aromatic heterocycles. The zero-order valence-corrected chi connectivity index (χ0v) is 23.1. The number of ketones is 1. The van der Waals surface area contributed by atoms with E-state index in [2.05, 4.69) is 32.6 Å². The van der Waals surface area contributed by atoms with Crippen molar-refractivity contribution in [3.8, 4) is 5.75 Å². The molecule has 1 saturated heterocycles. The maximum Gasteiger partial charge on any atom is 0.300 e. The van der Waals surface area contributed by atoms with Crippen LogP contribution in [-0.2, 0) is 9.59 Å². The molecule has 3 aromatic carbocycles. The number of amides is 1. The number of methoxy groups -OCH3 is 1. The summed E-state index contributed by atoms with van der Waals surface area (Å²) >= 11 is 6.43. The van der Waals surface area contributed by atoms with Gasteiger partial charge in [0.05, 0.1) is 23.7 Å². The van der Waals surface area contributed by atoms with E-state index in [1.807, 2.05) is 48.5 Å². The number of anilines is 2. The Morgan fingerprint density at radius 1 is 1.00 bits per heavy atom. The van der Waals surface area contributed by atoms with E-state index in [1.54, 1.807) is 18.2 Å². The number of hydrogen-bond donors (Lipinski definition) is 1. The SMILES string of the molecule is CCN(CC)c1ccc(C2/C(=C(\O)c3cc(OC)ccc3Cl)C(=O)C(=O)N2c2ccc(C(C)C)cc2)cc1. The quantitative estimate of drug-likeness (QED) is 0.193. The van der Waals surface area contributed by atoms with Crippen LogP contribution in [0.15, 0.2) is 72.3 Å². The van der Waals surface area contributed by atoms with Gasteiger partial charge < -0.3 is 14.7 Å². The first-order chi connectivity index (χ1) is 18.2. The molecule has 0 spiro atoms. The maximum atomic E-state index is 13.5. The molecular weight excluding hydrogens is 500 g/mol. The van der Waals surface area contributed by atoms with Gasteiger partial charge >= 0.3 is 0 Å². The number of aliphatic hydroxyl groups excluding tert-OH is 1. The molecule has 4 rings (SSSR count). The van der Waals surface area contributed by atoms with E-state index in [-0.39, 0.29) is 21.9 Å². The number of carbonyl (C=O) groups excluding carboxylic acids is 2. The number of aliphatic hydroxyl groups is 1. The summed E-state index contributed by atoms with van der Waals surface area (Å²) in [6, 6.07) is 19.3. The fourth-order valence-corrected chi connectivity index (χ4v) is 5.06. The Labute approximate surface area is 229 Å². The molecule has 0 saturated carbocycles. The Balaban J connectivity index is 1.91. The topological polar surface area (TPSA) is 70.1 Å². The van der Waals surface area contributed by atoms with Crippen LogP contribution >= 0.6 is 11.6 Å². The Kier molecular flexibility index (Phi) is 8.12. The average Bonchev–Trinajstić information content (AvgIpc) is 3.19. The number of Topliss-reactive ketones (excluding diaryl/α,β-unsaturated/α-hetero) is 1. The third kappa shape index (κ3) is 5.01. The van der Waals surface area contributed by atoms with Crippen molar-refractivity contribution in [2.75, 3.05) is 30.0 Å². The highest BCUT2D eigenvalue weighted by Crippen LogP contribution is 2.44. The number of benzene rings is 3. The zero-order chi connectivity index (χ0) is 27.6. The molecule has 1 heterocycles. The van der Waals surface area contributed by atoms with Crippen molar-refractivity contribution in [2.24, 2.45) is 0 Å². The van der Waals surface area contributed by atoms with Gasteiger partial charge in [-0.05, 0) is 73.4 Å². The number of halogens is 1. The van der Waals surface area contributed by atoms with E-state index in [1.165, 1.54) is 12.0 Å². The monoisotopic (exact) mass is 532 g/mol. The normalized spacial score (nSPS) is 16.8. The Bertz CT molecular complexity index is 1360. The van der Waals surface area contributed by atoms with Crippen molar-refractivity contribution in [3.63, 3.8) is 0 Å². The standard InChI is InChI=1S/C31H33ClN2O4/c1-6-33(7-2)22-12-10-21(11-13-22)28-27(29(35)25-18-24(38-5)16-17-26(25)32)30(36)31(37)34(28)23-14-8-20(9-15-23)19(3)4/h8-19,28,35H,6-7H2,1-5H3/b29-27+. The van der Waals surface area contributed by atoms with E-state index < -0.39 is 17.7 Å². The molecule has 198 valence electrons. The van der Waals surface area contributed by atoms with Crippen LogP contribution in [0.4, 0.5) is 11.4 Å². The lowest BCUT2D eigenvalue weighted by atomic mass is 9.94. The third-order valence-corrected chi connectivity index (χ3v) is 7.38. The minimum absolute atomic E-state index is 0.0197. The molecule has 1 fully saturated rings. The van der Waals surface area contributed by atoms with Gasteiger partial charge in [-0.2, -0.15) is 0 Å². The van der Waals surface area contributed by atoms with Crippen molar-refractivity contribution >= 4 is 40.4 Å². The predicted octanol–water partition coefficient (Wildman–Crippen LogP) is 6.94. The first kappa shape index (κ1) is 27.3. The highest BCUT2D eigenvalue weighted by atomic mass is 35.5. The van der Waals surface area contributed by atoms with Gasteiger partial charge in [0.2, 0.25) is 0 Å². The fourth-order valence-electron chi connectivity index (χ4n) is 4.85. The molecule has 1 atom stereocenters. The smallest absolute Gasteiger partial charge is 0.300 e. The van der Waals surface area contributed by atoms with Crippen LogP contribution in [0.2, 0.25) is 5.02 Å². The maximum absolute atomic E-state index is 13.5. The van der Waals surface area contributed by atoms with Gasteiger partial charge in [0.1, 0.15) is 11.5 Å². The summed E-state index contributed by atoms with van der Waals surface area (Å²) in [4.78, 5) is 30.7. The lowest BCUT2D eigenvalue weighted by molar-refractivity contribution is -0.132. The van der Waals surface area contributed by atoms with Crippen molar-refractivity contribution in [2.45, 2.75) is 39.7 Å². The molecule has 1 unspecified atom stereocenters. The number of rotatable bonds is 8. The molecule has 1 aliphatic rings. The first-order valence-electron chi connectivity index (χ1n) is 12.8. The van der Waals surface area contributed by atoms with Crippen molar-refractivity contribution in [3.05, 3.63) is 94.0 Å². The summed E-state index contributed by atoms with van der Waals surface area (Å²) in [5, 5.41) is 11.7. The molecule has 6 nitrogen and oxygen atoms in total. The molecular formula is C31H33ClN2O4. The zero-order valence-electron chi connectivity index (χ0n) is 22.4. The number of nitrogens with zero attached hydrogens (tertiary/aromatic N) is 2. The lowest BCUT2D eigenvalue weighted by Gasteiger charge is -2.27. The highest BCUT2D eigenvalue weighted by molar-refractivity contribution is 6.52. The molecule has 1 aliphatic heterocycles. The van der Waals surface area contributed by atoms with Crippen molar-refractivity contribution < 1.29 is 19.4 Å². The van der Waals surface area contributed by atoms with Gasteiger partial charge in [-0.15, -0.1) is 0 Å². The van der Waals surface area contributed by atoms with Crippen LogP contribution in [0.1, 0.15) is 56.3 Å². The van der Waals surface area contributed by atoms with Gasteiger partial charge in [0, 0.05) is 30.0 Å². The van der Waals surface area contributed by atoms with Crippen LogP contribution in [0, 0.1) is 0 Å². The second-order valence-corrected chi connectivity index (χ2v) is 9.93. The second kappa shape index (κ2) is 11.3. The van der Waals surface area contributed by atoms with E-state index in [4.69, 9.17) is 16.3 Å². The second-order valence-electron chi connectivity index (χ2n) is 9.52. The van der Waals surface area contributed by atoms with Crippen molar-refractivity contribution in [1.29, 1.82) is 0 Å². The summed E-state index contributed by atoms with van der Waals surface area (Å²) < 4.78 is 5.30. The summed E-state index contributed by atoms with van der Waals surface area (Å²) in [5.74, 6) is -1.04. The van der Waals surface area contributed by atoms with Crippen LogP contribution < -0.4 is 14.5 Å². The molecule has 3 aromatic rings.